The van der Waals surface area contributed by atoms with Crippen LogP contribution in [0.5, 0.6) is 0 Å². The molecule has 1 aromatic carbocycles. The monoisotopic (exact) mass is 356 g/mol. The Hall–Kier alpha value is -0.545. The summed E-state index contributed by atoms with van der Waals surface area (Å²) in [5.74, 6) is 0. The quantitative estimate of drug-likeness (QED) is 0.606. The lowest BCUT2D eigenvalue weighted by Crippen LogP contribution is -2.41. The smallest absolute Gasteiger partial charge is 0.398 e. The van der Waals surface area contributed by atoms with E-state index in [-0.39, 0.29) is 5.73 Å². The lowest BCUT2D eigenvalue weighted by atomic mass is 9.77. The normalized spacial score (nSPS) is 24.6. The molecule has 1 fully saturated rings. The van der Waals surface area contributed by atoms with Gasteiger partial charge in [-0.25, -0.2) is 4.39 Å². The van der Waals surface area contributed by atoms with E-state index in [0.717, 1.165) is 24.0 Å². The van der Waals surface area contributed by atoms with Crippen LogP contribution in [0.2, 0.25) is 10.0 Å². The zero-order valence-corrected chi connectivity index (χ0v) is 15.3. The van der Waals surface area contributed by atoms with Crippen molar-refractivity contribution < 1.29 is 13.7 Å². The Morgan fingerprint density at radius 2 is 1.70 bits per heavy atom. The minimum Gasteiger partial charge on any atom is -0.398 e. The molecule has 1 heterocycles. The first-order valence-corrected chi connectivity index (χ1v) is 8.60. The van der Waals surface area contributed by atoms with Gasteiger partial charge in [-0.2, -0.15) is 0 Å². The first kappa shape index (κ1) is 17.3. The average molecular weight is 357 g/mol. The standard InChI is InChI=1S/C17H20BCl2FO2/c1-16(2)17(3,4)23-18(22-16)15(21)12-7-5-6-10-8-11(19)9-13(20)14(10)12/h8-9H,5-7H2,1-4H3. The zero-order chi connectivity index (χ0) is 17.0. The van der Waals surface area contributed by atoms with Crippen LogP contribution in [-0.2, 0) is 15.7 Å². The number of aryl methyl sites for hydroxylation is 1. The number of allylic oxidation sites excluding steroid dienone is 1. The summed E-state index contributed by atoms with van der Waals surface area (Å²) in [5, 5.41) is 1.06. The van der Waals surface area contributed by atoms with Crippen molar-refractivity contribution in [1.29, 1.82) is 0 Å². The molecule has 1 aromatic rings. The van der Waals surface area contributed by atoms with Crippen LogP contribution in [0.25, 0.3) is 5.57 Å². The molecule has 1 saturated heterocycles. The number of fused-ring (bicyclic) bond motifs is 1. The molecule has 0 unspecified atom stereocenters. The highest BCUT2D eigenvalue weighted by atomic mass is 35.5. The van der Waals surface area contributed by atoms with Crippen molar-refractivity contribution in [2.24, 2.45) is 0 Å². The second kappa shape index (κ2) is 5.77. The maximum atomic E-state index is 15.2. The molecular formula is C17H20BCl2FO2. The van der Waals surface area contributed by atoms with Crippen LogP contribution in [0, 0.1) is 0 Å². The molecule has 0 spiro atoms. The number of hydrogen-bond donors (Lipinski definition) is 0. The highest BCUT2D eigenvalue weighted by Gasteiger charge is 2.53. The van der Waals surface area contributed by atoms with Gasteiger partial charge in [0.15, 0.2) is 0 Å². The fourth-order valence-electron chi connectivity index (χ4n) is 3.07. The molecule has 0 aromatic heterocycles. The number of benzene rings is 1. The van der Waals surface area contributed by atoms with Gasteiger partial charge in [0.2, 0.25) is 0 Å². The molecule has 0 amide bonds. The second-order valence-electron chi connectivity index (χ2n) is 7.19. The van der Waals surface area contributed by atoms with Gasteiger partial charge in [0, 0.05) is 15.6 Å². The Morgan fingerprint density at radius 3 is 2.30 bits per heavy atom. The molecule has 0 radical (unpaired) electrons. The van der Waals surface area contributed by atoms with Crippen molar-refractivity contribution in [3.63, 3.8) is 0 Å². The van der Waals surface area contributed by atoms with Gasteiger partial charge >= 0.3 is 7.12 Å². The Kier molecular flexibility index (Phi) is 4.33. The summed E-state index contributed by atoms with van der Waals surface area (Å²) in [4.78, 5) is 0. The van der Waals surface area contributed by atoms with Crippen molar-refractivity contribution in [3.05, 3.63) is 39.0 Å². The molecular weight excluding hydrogens is 337 g/mol. The Bertz CT molecular complexity index is 669. The van der Waals surface area contributed by atoms with E-state index in [1.807, 2.05) is 33.8 Å². The summed E-state index contributed by atoms with van der Waals surface area (Å²) in [5.41, 5.74) is 0.776. The van der Waals surface area contributed by atoms with Crippen molar-refractivity contribution in [1.82, 2.24) is 0 Å². The first-order valence-electron chi connectivity index (χ1n) is 7.85. The fraction of sp³-hybridized carbons (Fsp3) is 0.529. The van der Waals surface area contributed by atoms with Crippen LogP contribution < -0.4 is 0 Å². The number of rotatable bonds is 1. The maximum absolute atomic E-state index is 15.2. The van der Waals surface area contributed by atoms with E-state index in [1.165, 1.54) is 0 Å². The highest BCUT2D eigenvalue weighted by molar-refractivity contribution is 6.55. The maximum Gasteiger partial charge on any atom is 0.525 e. The van der Waals surface area contributed by atoms with Crippen molar-refractivity contribution in [3.8, 4) is 0 Å². The van der Waals surface area contributed by atoms with E-state index in [1.54, 1.807) is 6.07 Å². The lowest BCUT2D eigenvalue weighted by molar-refractivity contribution is 0.00578. The lowest BCUT2D eigenvalue weighted by Gasteiger charge is -2.32. The Labute approximate surface area is 147 Å². The van der Waals surface area contributed by atoms with E-state index in [2.05, 4.69) is 0 Å². The van der Waals surface area contributed by atoms with Crippen molar-refractivity contribution in [2.75, 3.05) is 0 Å². The fourth-order valence-corrected chi connectivity index (χ4v) is 3.72. The van der Waals surface area contributed by atoms with Crippen LogP contribution in [0.15, 0.2) is 17.9 Å². The van der Waals surface area contributed by atoms with Gasteiger partial charge in [-0.1, -0.05) is 23.2 Å². The summed E-state index contributed by atoms with van der Waals surface area (Å²) in [7, 11) is -0.993. The first-order chi connectivity index (χ1) is 10.6. The summed E-state index contributed by atoms with van der Waals surface area (Å²) in [6.07, 6.45) is 2.31. The van der Waals surface area contributed by atoms with Crippen LogP contribution in [0.1, 0.15) is 51.7 Å². The Balaban J connectivity index is 2.05. The summed E-state index contributed by atoms with van der Waals surface area (Å²) in [6.45, 7) is 7.64. The van der Waals surface area contributed by atoms with Crippen LogP contribution in [0.4, 0.5) is 4.39 Å². The van der Waals surface area contributed by atoms with Gasteiger partial charge in [-0.3, -0.25) is 0 Å². The largest absolute Gasteiger partial charge is 0.525 e. The topological polar surface area (TPSA) is 18.5 Å². The third-order valence-corrected chi connectivity index (χ3v) is 5.58. The molecule has 0 N–H and O–H groups in total. The SMILES string of the molecule is CC1(C)OB(C(F)=C2CCCc3cc(Cl)cc(Cl)c32)OC1(C)C. The molecule has 0 saturated carbocycles. The summed E-state index contributed by atoms with van der Waals surface area (Å²) < 4.78 is 26.8. The molecule has 1 aliphatic carbocycles. The molecule has 2 nitrogen and oxygen atoms in total. The van der Waals surface area contributed by atoms with Gasteiger partial charge in [-0.15, -0.1) is 0 Å². The molecule has 2 aliphatic rings. The van der Waals surface area contributed by atoms with E-state index in [9.17, 15) is 0 Å². The van der Waals surface area contributed by atoms with Crippen molar-refractivity contribution in [2.45, 2.75) is 58.2 Å². The van der Waals surface area contributed by atoms with Gasteiger partial charge in [0.25, 0.3) is 0 Å². The van der Waals surface area contributed by atoms with E-state index < -0.39 is 18.3 Å². The molecule has 124 valence electrons. The predicted octanol–water partition coefficient (Wildman–Crippen LogP) is 5.64. The second-order valence-corrected chi connectivity index (χ2v) is 8.03. The zero-order valence-electron chi connectivity index (χ0n) is 13.8. The third kappa shape index (κ3) is 2.95. The third-order valence-electron chi connectivity index (χ3n) is 5.06. The van der Waals surface area contributed by atoms with Crippen LogP contribution >= 0.6 is 23.2 Å². The van der Waals surface area contributed by atoms with Gasteiger partial charge in [0.1, 0.15) is 5.73 Å². The number of hydrogen-bond acceptors (Lipinski definition) is 2. The predicted molar refractivity (Wildman–Crippen MR) is 93.5 cm³/mol. The molecule has 6 heteroatoms. The van der Waals surface area contributed by atoms with Gasteiger partial charge in [0.05, 0.1) is 11.2 Å². The summed E-state index contributed by atoms with van der Waals surface area (Å²) >= 11 is 12.4. The highest BCUT2D eigenvalue weighted by Crippen LogP contribution is 2.44. The minimum absolute atomic E-state index is 0.381. The molecule has 0 bridgehead atoms. The molecule has 3 rings (SSSR count). The average Bonchev–Trinajstić information content (AvgIpc) is 2.65. The molecule has 23 heavy (non-hydrogen) atoms. The molecule has 0 atom stereocenters. The number of halogens is 3. The van der Waals surface area contributed by atoms with Crippen molar-refractivity contribution >= 4 is 35.9 Å². The van der Waals surface area contributed by atoms with E-state index >= 15 is 4.39 Å². The Morgan fingerprint density at radius 1 is 1.09 bits per heavy atom. The minimum atomic E-state index is -0.993. The summed E-state index contributed by atoms with van der Waals surface area (Å²) in [6, 6.07) is 3.52. The van der Waals surface area contributed by atoms with E-state index in [0.29, 0.717) is 22.0 Å². The van der Waals surface area contributed by atoms with E-state index in [4.69, 9.17) is 32.5 Å². The van der Waals surface area contributed by atoms with Crippen LogP contribution in [0.3, 0.4) is 0 Å². The van der Waals surface area contributed by atoms with Gasteiger partial charge < -0.3 is 9.31 Å². The van der Waals surface area contributed by atoms with Gasteiger partial charge in [-0.05, 0) is 70.2 Å². The molecule has 1 aliphatic heterocycles. The van der Waals surface area contributed by atoms with Crippen LogP contribution in [-0.4, -0.2) is 18.3 Å².